The Balaban J connectivity index is 2.81. The molecule has 0 unspecified atom stereocenters. The Labute approximate surface area is 88.6 Å². The zero-order chi connectivity index (χ0) is 11.6. The van der Waals surface area contributed by atoms with Gasteiger partial charge in [-0.1, -0.05) is 0 Å². The van der Waals surface area contributed by atoms with Crippen molar-refractivity contribution in [2.75, 3.05) is 19.9 Å². The van der Waals surface area contributed by atoms with E-state index in [1.54, 1.807) is 11.7 Å². The van der Waals surface area contributed by atoms with Crippen LogP contribution in [0.1, 0.15) is 11.4 Å². The van der Waals surface area contributed by atoms with E-state index in [9.17, 15) is 4.79 Å². The number of carbonyl (C=O) groups excluding carboxylic acids is 1. The van der Waals surface area contributed by atoms with E-state index in [1.807, 2.05) is 13.8 Å². The fraction of sp³-hybridized carbons (Fsp3) is 0.556. The molecule has 1 amide bonds. The lowest BCUT2D eigenvalue weighted by Crippen LogP contribution is -2.29. The van der Waals surface area contributed by atoms with Gasteiger partial charge in [-0.3, -0.25) is 14.3 Å². The standard InChI is InChI=1S/C9H16N4O2/c1-6-9(10)7(2)13(11-6)5-8(14)12(3)15-4/h5,10H2,1-4H3. The number of likely N-dealkylation sites (N-methyl/N-ethyl adjacent to an activating group) is 1. The number of aromatic nitrogens is 2. The third kappa shape index (κ3) is 2.27. The van der Waals surface area contributed by atoms with Gasteiger partial charge in [-0.05, 0) is 13.8 Å². The van der Waals surface area contributed by atoms with E-state index in [0.29, 0.717) is 5.69 Å². The van der Waals surface area contributed by atoms with Gasteiger partial charge in [0.05, 0.1) is 24.2 Å². The van der Waals surface area contributed by atoms with E-state index in [1.165, 1.54) is 7.11 Å². The molecule has 0 fully saturated rings. The van der Waals surface area contributed by atoms with Crippen LogP contribution < -0.4 is 5.73 Å². The summed E-state index contributed by atoms with van der Waals surface area (Å²) < 4.78 is 1.57. The average Bonchev–Trinajstić information content (AvgIpc) is 2.45. The molecule has 0 saturated heterocycles. The molecule has 15 heavy (non-hydrogen) atoms. The molecule has 0 aliphatic carbocycles. The van der Waals surface area contributed by atoms with Crippen LogP contribution in [0.3, 0.4) is 0 Å². The van der Waals surface area contributed by atoms with Crippen LogP contribution in [-0.4, -0.2) is 34.9 Å². The number of hydrogen-bond donors (Lipinski definition) is 1. The first-order valence-electron chi connectivity index (χ1n) is 4.57. The Bertz CT molecular complexity index is 372. The molecule has 0 aliphatic heterocycles. The molecular formula is C9H16N4O2. The minimum absolute atomic E-state index is 0.133. The van der Waals surface area contributed by atoms with Gasteiger partial charge in [-0.25, -0.2) is 5.06 Å². The molecule has 0 radical (unpaired) electrons. The van der Waals surface area contributed by atoms with Crippen molar-refractivity contribution in [3.05, 3.63) is 11.4 Å². The first kappa shape index (κ1) is 11.5. The SMILES string of the molecule is CON(C)C(=O)Cn1nc(C)c(N)c1C. The van der Waals surface area contributed by atoms with Gasteiger partial charge in [-0.15, -0.1) is 0 Å². The van der Waals surface area contributed by atoms with Crippen LogP contribution in [0.25, 0.3) is 0 Å². The normalized spacial score (nSPS) is 10.4. The summed E-state index contributed by atoms with van der Waals surface area (Å²) in [5, 5.41) is 5.31. The van der Waals surface area contributed by atoms with Crippen LogP contribution in [0.2, 0.25) is 0 Å². The summed E-state index contributed by atoms with van der Waals surface area (Å²) in [5.74, 6) is -0.178. The number of hydroxylamine groups is 2. The van der Waals surface area contributed by atoms with Gasteiger partial charge >= 0.3 is 0 Å². The molecule has 0 spiro atoms. The monoisotopic (exact) mass is 212 g/mol. The van der Waals surface area contributed by atoms with Crippen LogP contribution >= 0.6 is 0 Å². The van der Waals surface area contributed by atoms with Gasteiger partial charge in [-0.2, -0.15) is 5.10 Å². The number of aryl methyl sites for hydroxylation is 1. The van der Waals surface area contributed by atoms with E-state index in [2.05, 4.69) is 5.10 Å². The third-order valence-corrected chi connectivity index (χ3v) is 2.35. The van der Waals surface area contributed by atoms with Crippen molar-refractivity contribution >= 4 is 11.6 Å². The molecule has 1 aromatic rings. The number of hydrogen-bond acceptors (Lipinski definition) is 4. The molecule has 6 heteroatoms. The quantitative estimate of drug-likeness (QED) is 0.721. The molecule has 0 aromatic carbocycles. The zero-order valence-corrected chi connectivity index (χ0v) is 9.44. The van der Waals surface area contributed by atoms with Gasteiger partial charge in [0.15, 0.2) is 0 Å². The summed E-state index contributed by atoms with van der Waals surface area (Å²) in [6, 6.07) is 0. The maximum absolute atomic E-state index is 11.5. The molecule has 0 saturated carbocycles. The molecule has 1 rings (SSSR count). The number of nitrogens with zero attached hydrogens (tertiary/aromatic N) is 3. The van der Waals surface area contributed by atoms with E-state index in [0.717, 1.165) is 16.5 Å². The number of anilines is 1. The number of amides is 1. The number of nitrogen functional groups attached to an aromatic ring is 1. The maximum Gasteiger partial charge on any atom is 0.267 e. The molecule has 1 heterocycles. The van der Waals surface area contributed by atoms with Crippen LogP contribution in [0.4, 0.5) is 5.69 Å². The minimum Gasteiger partial charge on any atom is -0.396 e. The lowest BCUT2D eigenvalue weighted by Gasteiger charge is -2.13. The Hall–Kier alpha value is -1.56. The zero-order valence-electron chi connectivity index (χ0n) is 9.44. The number of carbonyl (C=O) groups is 1. The molecule has 0 aliphatic rings. The predicted molar refractivity (Wildman–Crippen MR) is 55.9 cm³/mol. The first-order chi connectivity index (χ1) is 6.97. The van der Waals surface area contributed by atoms with Crippen molar-refractivity contribution in [3.8, 4) is 0 Å². The molecule has 0 atom stereocenters. The molecule has 0 bridgehead atoms. The first-order valence-corrected chi connectivity index (χ1v) is 4.57. The van der Waals surface area contributed by atoms with Crippen molar-refractivity contribution in [1.29, 1.82) is 0 Å². The van der Waals surface area contributed by atoms with Crippen molar-refractivity contribution in [2.24, 2.45) is 0 Å². The van der Waals surface area contributed by atoms with Gasteiger partial charge in [0.1, 0.15) is 6.54 Å². The maximum atomic E-state index is 11.5. The van der Waals surface area contributed by atoms with Crippen molar-refractivity contribution in [2.45, 2.75) is 20.4 Å². The van der Waals surface area contributed by atoms with Crippen LogP contribution in [-0.2, 0) is 16.2 Å². The minimum atomic E-state index is -0.178. The van der Waals surface area contributed by atoms with E-state index in [-0.39, 0.29) is 12.5 Å². The smallest absolute Gasteiger partial charge is 0.267 e. The molecule has 2 N–H and O–H groups in total. The third-order valence-electron chi connectivity index (χ3n) is 2.35. The molecule has 6 nitrogen and oxygen atoms in total. The average molecular weight is 212 g/mol. The summed E-state index contributed by atoms with van der Waals surface area (Å²) in [4.78, 5) is 16.3. The highest BCUT2D eigenvalue weighted by atomic mass is 16.7. The summed E-state index contributed by atoms with van der Waals surface area (Å²) in [6.07, 6.45) is 0. The number of rotatable bonds is 3. The fourth-order valence-corrected chi connectivity index (χ4v) is 1.19. The van der Waals surface area contributed by atoms with E-state index < -0.39 is 0 Å². The summed E-state index contributed by atoms with van der Waals surface area (Å²) in [6.45, 7) is 3.77. The predicted octanol–water partition coefficient (Wildman–Crippen LogP) is 0.102. The second-order valence-electron chi connectivity index (χ2n) is 3.32. The molecule has 1 aromatic heterocycles. The Morgan fingerprint density at radius 3 is 2.60 bits per heavy atom. The highest BCUT2D eigenvalue weighted by molar-refractivity contribution is 5.74. The van der Waals surface area contributed by atoms with Crippen molar-refractivity contribution < 1.29 is 9.63 Å². The largest absolute Gasteiger partial charge is 0.396 e. The van der Waals surface area contributed by atoms with E-state index in [4.69, 9.17) is 10.6 Å². The molecular weight excluding hydrogens is 196 g/mol. The highest BCUT2D eigenvalue weighted by Crippen LogP contribution is 2.14. The van der Waals surface area contributed by atoms with Gasteiger partial charge < -0.3 is 5.73 Å². The van der Waals surface area contributed by atoms with Crippen LogP contribution in [0.15, 0.2) is 0 Å². The van der Waals surface area contributed by atoms with Crippen LogP contribution in [0, 0.1) is 13.8 Å². The Morgan fingerprint density at radius 1 is 1.60 bits per heavy atom. The highest BCUT2D eigenvalue weighted by Gasteiger charge is 2.13. The fourth-order valence-electron chi connectivity index (χ4n) is 1.19. The number of nitrogens with two attached hydrogens (primary N) is 1. The topological polar surface area (TPSA) is 73.4 Å². The Morgan fingerprint density at radius 2 is 2.20 bits per heavy atom. The van der Waals surface area contributed by atoms with Crippen LogP contribution in [0.5, 0.6) is 0 Å². The van der Waals surface area contributed by atoms with Crippen molar-refractivity contribution in [1.82, 2.24) is 14.8 Å². The van der Waals surface area contributed by atoms with Crippen molar-refractivity contribution in [3.63, 3.8) is 0 Å². The van der Waals surface area contributed by atoms with Gasteiger partial charge in [0.25, 0.3) is 5.91 Å². The summed E-state index contributed by atoms with van der Waals surface area (Å²) >= 11 is 0. The second kappa shape index (κ2) is 4.31. The van der Waals surface area contributed by atoms with E-state index >= 15 is 0 Å². The lowest BCUT2D eigenvalue weighted by molar-refractivity contribution is -0.169. The van der Waals surface area contributed by atoms with Gasteiger partial charge in [0.2, 0.25) is 0 Å². The second-order valence-corrected chi connectivity index (χ2v) is 3.32. The van der Waals surface area contributed by atoms with Gasteiger partial charge in [0, 0.05) is 7.05 Å². The Kier molecular flexibility index (Phi) is 3.31. The summed E-state index contributed by atoms with van der Waals surface area (Å²) in [7, 11) is 2.99. The summed E-state index contributed by atoms with van der Waals surface area (Å²) in [5.41, 5.74) is 7.91. The lowest BCUT2D eigenvalue weighted by atomic mass is 10.3. The molecule has 84 valence electrons.